The van der Waals surface area contributed by atoms with E-state index in [1.165, 1.54) is 6.07 Å². The number of carbonyl (C=O) groups excluding carboxylic acids is 1. The third-order valence-electron chi connectivity index (χ3n) is 2.60. The molecule has 0 aliphatic carbocycles. The average molecular weight is 253 g/mol. The van der Waals surface area contributed by atoms with Crippen LogP contribution in [-0.2, 0) is 9.53 Å². The standard InChI is InChI=1S/C13H13F2NO2/c1-7(2)5-11-13(17)18-12(16-11)9-4-3-8(14)6-10(9)15/h3-4,6-7,11H,5H2,1-2H3. The molecule has 2 rings (SSSR count). The SMILES string of the molecule is CC(C)CC1N=C(c2ccc(F)cc2F)OC1=O. The summed E-state index contributed by atoms with van der Waals surface area (Å²) in [6.07, 6.45) is 0.547. The summed E-state index contributed by atoms with van der Waals surface area (Å²) < 4.78 is 31.2. The van der Waals surface area contributed by atoms with Crippen molar-refractivity contribution in [3.63, 3.8) is 0 Å². The van der Waals surface area contributed by atoms with E-state index in [1.807, 2.05) is 13.8 Å². The van der Waals surface area contributed by atoms with Crippen LogP contribution in [0.25, 0.3) is 0 Å². The Kier molecular flexibility index (Phi) is 3.41. The normalized spacial score (nSPS) is 19.1. The lowest BCUT2D eigenvalue weighted by Crippen LogP contribution is -2.17. The summed E-state index contributed by atoms with van der Waals surface area (Å²) in [5.74, 6) is -1.74. The number of halogens is 2. The number of cyclic esters (lactones) is 1. The quantitative estimate of drug-likeness (QED) is 0.777. The minimum atomic E-state index is -0.785. The highest BCUT2D eigenvalue weighted by Gasteiger charge is 2.31. The molecule has 0 radical (unpaired) electrons. The molecular weight excluding hydrogens is 240 g/mol. The lowest BCUT2D eigenvalue weighted by Gasteiger charge is -2.05. The van der Waals surface area contributed by atoms with Crippen molar-refractivity contribution in [3.05, 3.63) is 35.4 Å². The maximum Gasteiger partial charge on any atom is 0.337 e. The van der Waals surface area contributed by atoms with Gasteiger partial charge in [0.1, 0.15) is 11.6 Å². The van der Waals surface area contributed by atoms with E-state index in [2.05, 4.69) is 4.99 Å². The first-order chi connectivity index (χ1) is 8.47. The zero-order valence-electron chi connectivity index (χ0n) is 10.1. The summed E-state index contributed by atoms with van der Waals surface area (Å²) in [7, 11) is 0. The molecule has 0 bridgehead atoms. The van der Waals surface area contributed by atoms with Gasteiger partial charge in [0.15, 0.2) is 6.04 Å². The number of nitrogens with zero attached hydrogens (tertiary/aromatic N) is 1. The van der Waals surface area contributed by atoms with Crippen LogP contribution in [0.15, 0.2) is 23.2 Å². The van der Waals surface area contributed by atoms with Crippen LogP contribution in [0.5, 0.6) is 0 Å². The second kappa shape index (κ2) is 4.84. The van der Waals surface area contributed by atoms with Gasteiger partial charge in [0.25, 0.3) is 0 Å². The Bertz CT molecular complexity index is 512. The van der Waals surface area contributed by atoms with E-state index in [0.29, 0.717) is 6.42 Å². The molecule has 1 aliphatic rings. The summed E-state index contributed by atoms with van der Waals surface area (Å²) in [5, 5.41) is 0. The molecule has 18 heavy (non-hydrogen) atoms. The number of ether oxygens (including phenoxy) is 1. The third-order valence-corrected chi connectivity index (χ3v) is 2.60. The van der Waals surface area contributed by atoms with Gasteiger partial charge in [-0.3, -0.25) is 0 Å². The Hall–Kier alpha value is -1.78. The van der Waals surface area contributed by atoms with Crippen molar-refractivity contribution in [2.24, 2.45) is 10.9 Å². The molecule has 1 unspecified atom stereocenters. The van der Waals surface area contributed by atoms with Gasteiger partial charge in [-0.1, -0.05) is 13.8 Å². The van der Waals surface area contributed by atoms with E-state index in [4.69, 9.17) is 4.74 Å². The van der Waals surface area contributed by atoms with Gasteiger partial charge in [-0.15, -0.1) is 0 Å². The number of esters is 1. The van der Waals surface area contributed by atoms with Crippen molar-refractivity contribution in [3.8, 4) is 0 Å². The van der Waals surface area contributed by atoms with Crippen LogP contribution in [0.4, 0.5) is 8.78 Å². The molecule has 1 heterocycles. The van der Waals surface area contributed by atoms with Crippen LogP contribution < -0.4 is 0 Å². The Morgan fingerprint density at radius 3 is 2.72 bits per heavy atom. The van der Waals surface area contributed by atoms with Gasteiger partial charge in [0.05, 0.1) is 5.56 Å². The predicted molar refractivity (Wildman–Crippen MR) is 62.2 cm³/mol. The summed E-state index contributed by atoms with van der Waals surface area (Å²) in [5.41, 5.74) is 0.0102. The predicted octanol–water partition coefficient (Wildman–Crippen LogP) is 2.68. The van der Waals surface area contributed by atoms with Crippen LogP contribution >= 0.6 is 0 Å². The smallest absolute Gasteiger partial charge is 0.337 e. The maximum absolute atomic E-state index is 13.5. The molecule has 0 saturated carbocycles. The first-order valence-corrected chi connectivity index (χ1v) is 5.72. The summed E-state index contributed by atoms with van der Waals surface area (Å²) in [4.78, 5) is 15.6. The molecule has 1 aliphatic heterocycles. The number of hydrogen-bond donors (Lipinski definition) is 0. The van der Waals surface area contributed by atoms with Crippen molar-refractivity contribution in [2.45, 2.75) is 26.3 Å². The van der Waals surface area contributed by atoms with Crippen molar-refractivity contribution < 1.29 is 18.3 Å². The number of rotatable bonds is 3. The second-order valence-corrected chi connectivity index (χ2v) is 4.62. The van der Waals surface area contributed by atoms with E-state index >= 15 is 0 Å². The topological polar surface area (TPSA) is 38.7 Å². The molecule has 1 aromatic rings. The van der Waals surface area contributed by atoms with E-state index < -0.39 is 23.6 Å². The third kappa shape index (κ3) is 2.55. The fourth-order valence-electron chi connectivity index (χ4n) is 1.77. The highest BCUT2D eigenvalue weighted by molar-refractivity contribution is 6.06. The lowest BCUT2D eigenvalue weighted by atomic mass is 10.1. The number of aliphatic imine (C=N–C) groups is 1. The molecule has 1 aromatic carbocycles. The first kappa shape index (κ1) is 12.7. The summed E-state index contributed by atoms with van der Waals surface area (Å²) in [6, 6.07) is 2.46. The molecule has 0 saturated heterocycles. The Morgan fingerprint density at radius 1 is 1.39 bits per heavy atom. The van der Waals surface area contributed by atoms with E-state index in [9.17, 15) is 13.6 Å². The van der Waals surface area contributed by atoms with Crippen LogP contribution in [-0.4, -0.2) is 17.9 Å². The van der Waals surface area contributed by atoms with E-state index in [0.717, 1.165) is 12.1 Å². The molecule has 0 aromatic heterocycles. The molecule has 0 fully saturated rings. The second-order valence-electron chi connectivity index (χ2n) is 4.62. The molecule has 96 valence electrons. The maximum atomic E-state index is 13.5. The van der Waals surface area contributed by atoms with Crippen LogP contribution in [0.3, 0.4) is 0 Å². The van der Waals surface area contributed by atoms with Crippen LogP contribution in [0.1, 0.15) is 25.8 Å². The fourth-order valence-corrected chi connectivity index (χ4v) is 1.77. The average Bonchev–Trinajstić information content (AvgIpc) is 2.59. The summed E-state index contributed by atoms with van der Waals surface area (Å²) >= 11 is 0. The molecule has 3 nitrogen and oxygen atoms in total. The van der Waals surface area contributed by atoms with Crippen molar-refractivity contribution in [1.29, 1.82) is 0 Å². The Labute approximate surface area is 103 Å². The minimum Gasteiger partial charge on any atom is -0.405 e. The number of benzene rings is 1. The Balaban J connectivity index is 2.26. The van der Waals surface area contributed by atoms with E-state index in [1.54, 1.807) is 0 Å². The molecule has 0 amide bonds. The van der Waals surface area contributed by atoms with Gasteiger partial charge >= 0.3 is 5.97 Å². The lowest BCUT2D eigenvalue weighted by molar-refractivity contribution is -0.135. The highest BCUT2D eigenvalue weighted by atomic mass is 19.1. The minimum absolute atomic E-state index is 0.0102. The molecule has 5 heteroatoms. The zero-order valence-corrected chi connectivity index (χ0v) is 10.1. The largest absolute Gasteiger partial charge is 0.405 e. The zero-order chi connectivity index (χ0) is 13.3. The van der Waals surface area contributed by atoms with Crippen molar-refractivity contribution in [2.75, 3.05) is 0 Å². The highest BCUT2D eigenvalue weighted by Crippen LogP contribution is 2.20. The van der Waals surface area contributed by atoms with Crippen molar-refractivity contribution in [1.82, 2.24) is 0 Å². The van der Waals surface area contributed by atoms with Crippen LogP contribution in [0, 0.1) is 17.6 Å². The monoisotopic (exact) mass is 253 g/mol. The number of carbonyl (C=O) groups is 1. The van der Waals surface area contributed by atoms with Crippen molar-refractivity contribution >= 4 is 11.9 Å². The first-order valence-electron chi connectivity index (χ1n) is 5.72. The van der Waals surface area contributed by atoms with Gasteiger partial charge in [0, 0.05) is 6.07 Å². The Morgan fingerprint density at radius 2 is 2.11 bits per heavy atom. The summed E-state index contributed by atoms with van der Waals surface area (Å²) in [6.45, 7) is 3.92. The van der Waals surface area contributed by atoms with Gasteiger partial charge in [-0.2, -0.15) is 0 Å². The van der Waals surface area contributed by atoms with Gasteiger partial charge in [-0.05, 0) is 24.5 Å². The molecule has 0 spiro atoms. The van der Waals surface area contributed by atoms with Gasteiger partial charge in [-0.25, -0.2) is 18.6 Å². The number of hydrogen-bond acceptors (Lipinski definition) is 3. The fraction of sp³-hybridized carbons (Fsp3) is 0.385. The van der Waals surface area contributed by atoms with Gasteiger partial charge in [0.2, 0.25) is 5.90 Å². The van der Waals surface area contributed by atoms with E-state index in [-0.39, 0.29) is 17.4 Å². The molecule has 0 N–H and O–H groups in total. The molecule has 1 atom stereocenters. The van der Waals surface area contributed by atoms with Crippen LogP contribution in [0.2, 0.25) is 0 Å². The molecular formula is C13H13F2NO2. The van der Waals surface area contributed by atoms with Gasteiger partial charge < -0.3 is 4.74 Å².